The summed E-state index contributed by atoms with van der Waals surface area (Å²) in [5.41, 5.74) is 2.00. The van der Waals surface area contributed by atoms with Gasteiger partial charge in [0.15, 0.2) is 0 Å². The van der Waals surface area contributed by atoms with Crippen LogP contribution in [0.3, 0.4) is 0 Å². The predicted molar refractivity (Wildman–Crippen MR) is 126 cm³/mol. The van der Waals surface area contributed by atoms with E-state index in [1.807, 2.05) is 60.4 Å². The first-order valence-electron chi connectivity index (χ1n) is 11.4. The van der Waals surface area contributed by atoms with Crippen LogP contribution < -0.4 is 10.1 Å². The predicted octanol–water partition coefficient (Wildman–Crippen LogP) is 4.34. The zero-order chi connectivity index (χ0) is 22.3. The number of para-hydroxylation sites is 1. The number of rotatable bonds is 7. The molecule has 5 heteroatoms. The van der Waals surface area contributed by atoms with Crippen molar-refractivity contribution in [1.82, 2.24) is 10.2 Å². The lowest BCUT2D eigenvalue weighted by Crippen LogP contribution is -2.45. The SMILES string of the molecule is CCOc1ccccc1CNC(=O)C1CCCN(C(=O)Cc2cccc3ccccc23)C1. The molecule has 0 radical (unpaired) electrons. The lowest BCUT2D eigenvalue weighted by molar-refractivity contribution is -0.135. The number of hydrogen-bond acceptors (Lipinski definition) is 3. The minimum atomic E-state index is -0.181. The van der Waals surface area contributed by atoms with Gasteiger partial charge in [-0.25, -0.2) is 0 Å². The number of carbonyl (C=O) groups excluding carboxylic acids is 2. The zero-order valence-electron chi connectivity index (χ0n) is 18.5. The normalized spacial score (nSPS) is 16.0. The first-order chi connectivity index (χ1) is 15.7. The molecule has 1 atom stereocenters. The van der Waals surface area contributed by atoms with Crippen LogP contribution in [0.4, 0.5) is 0 Å². The van der Waals surface area contributed by atoms with E-state index in [1.165, 1.54) is 0 Å². The maximum absolute atomic E-state index is 13.1. The minimum absolute atomic E-state index is 0.000961. The van der Waals surface area contributed by atoms with E-state index in [1.54, 1.807) is 0 Å². The standard InChI is InChI=1S/C27H30N2O3/c1-2-32-25-15-6-4-10-22(25)18-28-27(31)23-13-8-16-29(19-23)26(30)17-21-12-7-11-20-9-3-5-14-24(20)21/h3-7,9-12,14-15,23H,2,8,13,16-19H2,1H3,(H,28,31). The fourth-order valence-electron chi connectivity index (χ4n) is 4.41. The van der Waals surface area contributed by atoms with E-state index in [0.29, 0.717) is 32.7 Å². The van der Waals surface area contributed by atoms with Crippen molar-refractivity contribution in [3.8, 4) is 5.75 Å². The molecule has 0 saturated carbocycles. The Hall–Kier alpha value is -3.34. The molecule has 1 fully saturated rings. The van der Waals surface area contributed by atoms with Gasteiger partial charge >= 0.3 is 0 Å². The summed E-state index contributed by atoms with van der Waals surface area (Å²) < 4.78 is 5.65. The average molecular weight is 431 g/mol. The molecule has 0 aliphatic carbocycles. The summed E-state index contributed by atoms with van der Waals surface area (Å²) in [6, 6.07) is 22.0. The third kappa shape index (κ3) is 5.10. The van der Waals surface area contributed by atoms with Crippen LogP contribution in [0.1, 0.15) is 30.9 Å². The Morgan fingerprint density at radius 1 is 1.00 bits per heavy atom. The van der Waals surface area contributed by atoms with Crippen molar-refractivity contribution in [3.63, 3.8) is 0 Å². The summed E-state index contributed by atoms with van der Waals surface area (Å²) in [5.74, 6) is 0.699. The number of likely N-dealkylation sites (tertiary alicyclic amines) is 1. The van der Waals surface area contributed by atoms with Gasteiger partial charge in [0.2, 0.25) is 11.8 Å². The summed E-state index contributed by atoms with van der Waals surface area (Å²) in [6.45, 7) is 4.14. The fraction of sp³-hybridized carbons (Fsp3) is 0.333. The van der Waals surface area contributed by atoms with Crippen molar-refractivity contribution >= 4 is 22.6 Å². The molecule has 166 valence electrons. The van der Waals surface area contributed by atoms with Crippen LogP contribution in [0.2, 0.25) is 0 Å². The van der Waals surface area contributed by atoms with Gasteiger partial charge in [-0.2, -0.15) is 0 Å². The number of benzene rings is 3. The van der Waals surface area contributed by atoms with Gasteiger partial charge in [-0.15, -0.1) is 0 Å². The van der Waals surface area contributed by atoms with Crippen molar-refractivity contribution in [1.29, 1.82) is 0 Å². The van der Waals surface area contributed by atoms with E-state index in [0.717, 1.165) is 40.5 Å². The molecule has 2 amide bonds. The number of nitrogens with zero attached hydrogens (tertiary/aromatic N) is 1. The van der Waals surface area contributed by atoms with Crippen molar-refractivity contribution in [2.75, 3.05) is 19.7 Å². The van der Waals surface area contributed by atoms with Crippen LogP contribution in [0, 0.1) is 5.92 Å². The minimum Gasteiger partial charge on any atom is -0.494 e. The van der Waals surface area contributed by atoms with Gasteiger partial charge in [-0.3, -0.25) is 9.59 Å². The molecule has 1 heterocycles. The third-order valence-electron chi connectivity index (χ3n) is 6.09. The summed E-state index contributed by atoms with van der Waals surface area (Å²) >= 11 is 0. The molecule has 1 aliphatic heterocycles. The number of ether oxygens (including phenoxy) is 1. The molecule has 3 aromatic carbocycles. The molecule has 0 bridgehead atoms. The molecule has 5 nitrogen and oxygen atoms in total. The van der Waals surface area contributed by atoms with Gasteiger partial charge < -0.3 is 15.0 Å². The molecular formula is C27H30N2O3. The summed E-state index contributed by atoms with van der Waals surface area (Å²) in [5, 5.41) is 5.30. The van der Waals surface area contributed by atoms with Gasteiger partial charge in [-0.05, 0) is 42.2 Å². The quantitative estimate of drug-likeness (QED) is 0.607. The lowest BCUT2D eigenvalue weighted by Gasteiger charge is -2.32. The maximum Gasteiger partial charge on any atom is 0.227 e. The van der Waals surface area contributed by atoms with E-state index < -0.39 is 0 Å². The number of hydrogen-bond donors (Lipinski definition) is 1. The van der Waals surface area contributed by atoms with Crippen molar-refractivity contribution in [3.05, 3.63) is 77.9 Å². The average Bonchev–Trinajstić information content (AvgIpc) is 2.84. The molecule has 1 unspecified atom stereocenters. The van der Waals surface area contributed by atoms with Crippen molar-refractivity contribution in [2.45, 2.75) is 32.7 Å². The van der Waals surface area contributed by atoms with E-state index in [2.05, 4.69) is 23.5 Å². The van der Waals surface area contributed by atoms with Gasteiger partial charge in [0.25, 0.3) is 0 Å². The molecule has 0 spiro atoms. The Labute approximate surface area is 189 Å². The highest BCUT2D eigenvalue weighted by Crippen LogP contribution is 2.23. The Morgan fingerprint density at radius 2 is 1.75 bits per heavy atom. The van der Waals surface area contributed by atoms with E-state index >= 15 is 0 Å². The number of piperidine rings is 1. The molecule has 3 aromatic rings. The Balaban J connectivity index is 1.36. The number of amides is 2. The summed E-state index contributed by atoms with van der Waals surface area (Å²) in [6.07, 6.45) is 2.00. The number of carbonyl (C=O) groups is 2. The van der Waals surface area contributed by atoms with Crippen molar-refractivity contribution < 1.29 is 14.3 Å². The monoisotopic (exact) mass is 430 g/mol. The molecule has 1 saturated heterocycles. The smallest absolute Gasteiger partial charge is 0.227 e. The van der Waals surface area contributed by atoms with Crippen LogP contribution in [-0.2, 0) is 22.6 Å². The highest BCUT2D eigenvalue weighted by molar-refractivity contribution is 5.90. The molecule has 1 aliphatic rings. The van der Waals surface area contributed by atoms with Crippen LogP contribution in [0.15, 0.2) is 66.7 Å². The second-order valence-electron chi connectivity index (χ2n) is 8.25. The Bertz CT molecular complexity index is 1090. The fourth-order valence-corrected chi connectivity index (χ4v) is 4.41. The second kappa shape index (κ2) is 10.3. The van der Waals surface area contributed by atoms with E-state index in [-0.39, 0.29) is 17.7 Å². The molecule has 32 heavy (non-hydrogen) atoms. The molecule has 1 N–H and O–H groups in total. The third-order valence-corrected chi connectivity index (χ3v) is 6.09. The lowest BCUT2D eigenvalue weighted by atomic mass is 9.95. The van der Waals surface area contributed by atoms with E-state index in [4.69, 9.17) is 4.74 Å². The number of fused-ring (bicyclic) bond motifs is 1. The van der Waals surface area contributed by atoms with Crippen molar-refractivity contribution in [2.24, 2.45) is 5.92 Å². The maximum atomic E-state index is 13.1. The van der Waals surface area contributed by atoms with E-state index in [9.17, 15) is 9.59 Å². The highest BCUT2D eigenvalue weighted by Gasteiger charge is 2.28. The summed E-state index contributed by atoms with van der Waals surface area (Å²) in [7, 11) is 0. The molecule has 0 aromatic heterocycles. The molecule has 4 rings (SSSR count). The van der Waals surface area contributed by atoms with Gasteiger partial charge in [0.05, 0.1) is 18.9 Å². The van der Waals surface area contributed by atoms with Crippen LogP contribution in [0.25, 0.3) is 10.8 Å². The van der Waals surface area contributed by atoms with Crippen LogP contribution in [0.5, 0.6) is 5.75 Å². The largest absolute Gasteiger partial charge is 0.494 e. The Morgan fingerprint density at radius 3 is 2.62 bits per heavy atom. The topological polar surface area (TPSA) is 58.6 Å². The number of nitrogens with one attached hydrogen (secondary N) is 1. The van der Waals surface area contributed by atoms with Gasteiger partial charge in [0.1, 0.15) is 5.75 Å². The first-order valence-corrected chi connectivity index (χ1v) is 11.4. The zero-order valence-corrected chi connectivity index (χ0v) is 18.5. The van der Waals surface area contributed by atoms with Crippen LogP contribution in [-0.4, -0.2) is 36.4 Å². The molecular weight excluding hydrogens is 400 g/mol. The van der Waals surface area contributed by atoms with Gasteiger partial charge in [0, 0.05) is 25.2 Å². The Kier molecular flexibility index (Phi) is 7.05. The van der Waals surface area contributed by atoms with Crippen LogP contribution >= 0.6 is 0 Å². The highest BCUT2D eigenvalue weighted by atomic mass is 16.5. The second-order valence-corrected chi connectivity index (χ2v) is 8.25. The first kappa shape index (κ1) is 21.9. The van der Waals surface area contributed by atoms with Gasteiger partial charge in [-0.1, -0.05) is 60.7 Å². The summed E-state index contributed by atoms with van der Waals surface area (Å²) in [4.78, 5) is 27.8.